The molecule has 12 amide bonds. The number of aromatic nitrogens is 5. The summed E-state index contributed by atoms with van der Waals surface area (Å²) in [5.41, 5.74) is 5.44. The fraction of sp³-hybridized carbons (Fsp3) is 0.394. The molecule has 0 fully saturated rings. The van der Waals surface area contributed by atoms with Gasteiger partial charge in [0.25, 0.3) is 0 Å². The molecular formula is C104H135Cl2N17O20S4. The van der Waals surface area contributed by atoms with Crippen LogP contribution in [0.15, 0.2) is 155 Å². The normalized spacial score (nSPS) is 11.2. The number of amides is 12. The molecule has 12 rings (SSSR count). The number of carbonyl (C=O) groups is 12. The zero-order chi connectivity index (χ0) is 110. The molecule has 147 heavy (non-hydrogen) atoms. The smallest absolute Gasteiger partial charge is 0.376 e. The maximum Gasteiger partial charge on any atom is 0.376 e. The van der Waals surface area contributed by atoms with Crippen molar-refractivity contribution in [2.75, 3.05) is 106 Å². The molecule has 12 N–H and O–H groups in total. The number of nitrogens with zero attached hydrogens (tertiary/aromatic N) is 5. The minimum Gasteiger partial charge on any atom is -0.465 e. The summed E-state index contributed by atoms with van der Waals surface area (Å²) in [4.78, 5) is 151. The van der Waals surface area contributed by atoms with E-state index in [0.29, 0.717) is 104 Å². The Morgan fingerprint density at radius 2 is 0.660 bits per heavy atom. The molecule has 37 nitrogen and oxygen atoms in total. The number of nitrogens with one attached hydrogen (secondary N) is 12. The van der Waals surface area contributed by atoms with Crippen LogP contribution in [0, 0.1) is 6.92 Å². The quantitative estimate of drug-likeness (QED) is 0.0209. The van der Waals surface area contributed by atoms with Crippen LogP contribution >= 0.6 is 68.5 Å². The van der Waals surface area contributed by atoms with Crippen LogP contribution in [0.1, 0.15) is 268 Å². The number of methoxy groups -OCH3 is 6. The topological polar surface area (TPSA) is 463 Å². The number of ether oxygens (including phenoxy) is 6. The van der Waals surface area contributed by atoms with E-state index in [0.717, 1.165) is 51.1 Å². The van der Waals surface area contributed by atoms with E-state index in [4.69, 9.17) is 60.5 Å². The standard InChI is InChI=1S/2C18H25N3O3S.C18H22N2O4.C17H18Cl2N2O4.C17H23N3O3S.C16H22N4O3S/c1-11(2)21-8-7-12(10-21)19-17(23)20-13-9-14(18(3,4)5)25-15(13)16(22)24-6;1-6-8-21-9-7-12(11-21)19-17(23)20-13-10-14(18(2,3)4)25-15(13)16(22)24-5;1-11-6-8-12(9-7-11)19-17(22)20-13-10-14(18(2,3)4)24-15(13)16(21)23-5;1-17(2,3)13-8-12(14(25-13)15(22)24-4)21-16(23)20-9-5-6-10(18)11(19)7-9;1-6-20-8-7-11(10-20)18-16(22)19-12-9-13(17(2,3)4)24-14(12)15(21)23-5;1-6-20-8-7-12(19-20)18-15(22)17-10-9-11(16(2,3)4)24-13(10)14(21)23-5/h7-11H,1-6H3,(H2,19,20,23);7,9-11H,6,8H2,1-5H3,(H2,19,20,23);6-10H,1-5H3,(H2,19,20,22);5-8H,1-4H3,(H2,20,21,23);7-10H,6H2,1-5H3,(H2,18,19,22);7-9H,6H2,1-5H3,(H2,17,18,19,22). The van der Waals surface area contributed by atoms with Crippen molar-refractivity contribution in [1.29, 1.82) is 0 Å². The van der Waals surface area contributed by atoms with Gasteiger partial charge in [0.05, 0.1) is 104 Å². The van der Waals surface area contributed by atoms with Crippen molar-refractivity contribution < 1.29 is 94.8 Å². The molecule has 0 atom stereocenters. The molecule has 0 aliphatic carbocycles. The van der Waals surface area contributed by atoms with Gasteiger partial charge in [-0.25, -0.2) is 57.5 Å². The summed E-state index contributed by atoms with van der Waals surface area (Å²) in [7, 11) is 7.81. The van der Waals surface area contributed by atoms with Gasteiger partial charge in [-0.2, -0.15) is 5.10 Å². The third-order valence-electron chi connectivity index (χ3n) is 20.7. The van der Waals surface area contributed by atoms with Gasteiger partial charge < -0.3 is 109 Å². The minimum absolute atomic E-state index is 0.0264. The third-order valence-corrected chi connectivity index (χ3v) is 27.6. The zero-order valence-electron chi connectivity index (χ0n) is 88.6. The summed E-state index contributed by atoms with van der Waals surface area (Å²) < 4.78 is 47.5. The van der Waals surface area contributed by atoms with Crippen LogP contribution in [0.4, 0.5) is 97.1 Å². The number of halogens is 2. The first-order chi connectivity index (χ1) is 68.6. The number of benzene rings is 2. The first kappa shape index (κ1) is 120. The molecule has 0 spiro atoms. The highest BCUT2D eigenvalue weighted by Crippen LogP contribution is 2.42. The van der Waals surface area contributed by atoms with E-state index in [1.165, 1.54) is 94.1 Å². The molecule has 0 unspecified atom stereocenters. The summed E-state index contributed by atoms with van der Waals surface area (Å²) in [5.74, 6) is -1.70. The number of aryl methyl sites for hydroxylation is 4. The van der Waals surface area contributed by atoms with Gasteiger partial charge in [-0.1, -0.05) is 172 Å². The molecule has 794 valence electrons. The van der Waals surface area contributed by atoms with Gasteiger partial charge in [0.1, 0.15) is 31.0 Å². The average Bonchev–Trinajstić information content (AvgIpc) is 1.69. The molecule has 10 aromatic heterocycles. The van der Waals surface area contributed by atoms with Gasteiger partial charge in [-0.15, -0.1) is 45.3 Å². The van der Waals surface area contributed by atoms with E-state index in [1.54, 1.807) is 59.4 Å². The summed E-state index contributed by atoms with van der Waals surface area (Å²) in [5, 5.41) is 37.3. The molecule has 0 bridgehead atoms. The average molecular weight is 2140 g/mol. The molecule has 0 aliphatic heterocycles. The van der Waals surface area contributed by atoms with Gasteiger partial charge in [0.15, 0.2) is 5.82 Å². The van der Waals surface area contributed by atoms with E-state index in [2.05, 4.69) is 152 Å². The largest absolute Gasteiger partial charge is 0.465 e. The number of esters is 6. The minimum atomic E-state index is -0.680. The van der Waals surface area contributed by atoms with Crippen LogP contribution in [0.3, 0.4) is 0 Å². The second-order valence-corrected chi connectivity index (χ2v) is 44.4. The Hall–Kier alpha value is -14.1. The van der Waals surface area contributed by atoms with Crippen LogP contribution in [-0.4, -0.2) is 138 Å². The van der Waals surface area contributed by atoms with E-state index in [-0.39, 0.29) is 55.4 Å². The van der Waals surface area contributed by atoms with Crippen LogP contribution in [0.2, 0.25) is 10.0 Å². The molecule has 0 aliphatic rings. The molecule has 10 heterocycles. The number of hydrogen-bond donors (Lipinski definition) is 12. The highest BCUT2D eigenvalue weighted by atomic mass is 35.5. The van der Waals surface area contributed by atoms with Gasteiger partial charge in [-0.05, 0) is 135 Å². The Morgan fingerprint density at radius 1 is 0.340 bits per heavy atom. The van der Waals surface area contributed by atoms with Crippen LogP contribution < -0.4 is 63.8 Å². The van der Waals surface area contributed by atoms with Gasteiger partial charge in [-0.3, -0.25) is 10.00 Å². The molecule has 12 aromatic rings. The Labute approximate surface area is 882 Å². The Morgan fingerprint density at radius 3 is 0.966 bits per heavy atom. The van der Waals surface area contributed by atoms with Crippen molar-refractivity contribution in [2.45, 2.75) is 231 Å². The van der Waals surface area contributed by atoms with Crippen LogP contribution in [-0.2, 0) is 80.5 Å². The van der Waals surface area contributed by atoms with E-state index >= 15 is 0 Å². The monoisotopic (exact) mass is 2140 g/mol. The second-order valence-electron chi connectivity index (χ2n) is 39.4. The van der Waals surface area contributed by atoms with E-state index in [9.17, 15) is 57.5 Å². The number of rotatable bonds is 23. The highest BCUT2D eigenvalue weighted by Gasteiger charge is 2.33. The lowest BCUT2D eigenvalue weighted by Crippen LogP contribution is -2.21. The molecule has 0 radical (unpaired) electrons. The van der Waals surface area contributed by atoms with Crippen molar-refractivity contribution in [3.63, 3.8) is 0 Å². The third kappa shape index (κ3) is 36.2. The van der Waals surface area contributed by atoms with Crippen molar-refractivity contribution >= 4 is 209 Å². The summed E-state index contributed by atoms with van der Waals surface area (Å²) >= 11 is 17.1. The van der Waals surface area contributed by atoms with Crippen LogP contribution in [0.25, 0.3) is 0 Å². The first-order valence-corrected chi connectivity index (χ1v) is 50.6. The van der Waals surface area contributed by atoms with E-state index in [1.807, 2.05) is 182 Å². The fourth-order valence-electron chi connectivity index (χ4n) is 12.5. The van der Waals surface area contributed by atoms with Crippen molar-refractivity contribution in [3.05, 3.63) is 224 Å². The molecule has 2 aromatic carbocycles. The Kier molecular flexibility index (Phi) is 43.0. The molecule has 0 saturated heterocycles. The molecule has 43 heteroatoms. The molecular weight excluding hydrogens is 2010 g/mol. The van der Waals surface area contributed by atoms with E-state index < -0.39 is 72.0 Å². The fourth-order valence-corrected chi connectivity index (χ4v) is 17.2. The van der Waals surface area contributed by atoms with Gasteiger partial charge >= 0.3 is 72.0 Å². The Balaban J connectivity index is 0.000000239. The summed E-state index contributed by atoms with van der Waals surface area (Å²) in [6, 6.07) is 27.4. The SMILES string of the molecule is CCCn1ccc(NC(=O)Nc2cc(C(C)(C)C)sc2C(=O)OC)c1.CCn1ccc(NC(=O)Nc2cc(C(C)(C)C)sc2C(=O)OC)c1.CCn1ccc(NC(=O)Nc2cc(C(C)(C)C)sc2C(=O)OC)n1.COC(=O)c1oc(C(C)(C)C)cc1NC(=O)Nc1ccc(C)cc1.COC(=O)c1oc(C(C)(C)C)cc1NC(=O)Nc1ccc(Cl)c(Cl)c1.COC(=O)c1sc(C(C)(C)C)cc1NC(=O)Nc1ccn(C(C)C)c1. The van der Waals surface area contributed by atoms with Crippen molar-refractivity contribution in [2.24, 2.45) is 0 Å². The lowest BCUT2D eigenvalue weighted by Gasteiger charge is -2.15. The molecule has 0 saturated carbocycles. The number of hydrogen-bond acceptors (Lipinski definition) is 25. The predicted octanol–water partition coefficient (Wildman–Crippen LogP) is 27.2. The maximum absolute atomic E-state index is 12.3. The predicted molar refractivity (Wildman–Crippen MR) is 586 cm³/mol. The number of urea groups is 6. The second kappa shape index (κ2) is 52.8. The summed E-state index contributed by atoms with van der Waals surface area (Å²) in [6.07, 6.45) is 14.1. The zero-order valence-corrected chi connectivity index (χ0v) is 93.3. The highest BCUT2D eigenvalue weighted by molar-refractivity contribution is 7.16. The maximum atomic E-state index is 12.3. The van der Waals surface area contributed by atoms with Crippen molar-refractivity contribution in [1.82, 2.24) is 23.5 Å². The summed E-state index contributed by atoms with van der Waals surface area (Å²) in [6.45, 7) is 50.8. The Bertz CT molecular complexity index is 6450. The lowest BCUT2D eigenvalue weighted by atomic mass is 9.93. The lowest BCUT2D eigenvalue weighted by molar-refractivity contribution is 0.0554. The van der Waals surface area contributed by atoms with Gasteiger partial charge in [0, 0.05) is 129 Å². The van der Waals surface area contributed by atoms with Crippen LogP contribution in [0.5, 0.6) is 0 Å². The van der Waals surface area contributed by atoms with Crippen molar-refractivity contribution in [3.8, 4) is 0 Å². The number of thiophene rings is 4. The number of carbonyl (C=O) groups excluding carboxylic acids is 12. The first-order valence-electron chi connectivity index (χ1n) is 46.5. The van der Waals surface area contributed by atoms with Gasteiger partial charge in [0.2, 0.25) is 11.5 Å². The number of anilines is 12. The number of furan rings is 2.